The zero-order valence-electron chi connectivity index (χ0n) is 12.9. The van der Waals surface area contributed by atoms with Crippen molar-refractivity contribution in [2.24, 2.45) is 11.3 Å². The molecule has 0 aromatic carbocycles. The molecule has 0 aliphatic heterocycles. The van der Waals surface area contributed by atoms with Gasteiger partial charge in [-0.1, -0.05) is 20.3 Å². The first-order valence-electron chi connectivity index (χ1n) is 6.50. The van der Waals surface area contributed by atoms with Crippen LogP contribution in [-0.4, -0.2) is 35.9 Å². The molecule has 0 aromatic rings. The Morgan fingerprint density at radius 2 is 1.68 bits per heavy atom. The second kappa shape index (κ2) is 6.37. The van der Waals surface area contributed by atoms with Gasteiger partial charge in [-0.25, -0.2) is 4.79 Å². The molecule has 0 radical (unpaired) electrons. The lowest BCUT2D eigenvalue weighted by Crippen LogP contribution is -2.51. The third-order valence-electron chi connectivity index (χ3n) is 3.46. The Balaban J connectivity index is 5.29. The van der Waals surface area contributed by atoms with E-state index in [1.54, 1.807) is 27.7 Å². The van der Waals surface area contributed by atoms with Gasteiger partial charge in [0.25, 0.3) is 0 Å². The molecule has 19 heavy (non-hydrogen) atoms. The molecule has 0 spiro atoms. The number of esters is 2. The minimum Gasteiger partial charge on any atom is -0.469 e. The minimum absolute atomic E-state index is 0.220. The first-order chi connectivity index (χ1) is 8.50. The van der Waals surface area contributed by atoms with E-state index >= 15 is 0 Å². The average molecular weight is 274 g/mol. The van der Waals surface area contributed by atoms with Crippen molar-refractivity contribution in [3.8, 4) is 0 Å². The Bertz CT molecular complexity index is 331. The van der Waals surface area contributed by atoms with Crippen LogP contribution in [-0.2, 0) is 19.1 Å². The molecule has 0 heterocycles. The van der Waals surface area contributed by atoms with Crippen molar-refractivity contribution >= 4 is 11.9 Å². The van der Waals surface area contributed by atoms with Crippen molar-refractivity contribution in [2.45, 2.75) is 59.7 Å². The molecule has 0 amide bonds. The minimum atomic E-state index is -1.55. The van der Waals surface area contributed by atoms with Crippen LogP contribution in [0.1, 0.15) is 48.0 Å². The van der Waals surface area contributed by atoms with E-state index in [0.29, 0.717) is 6.42 Å². The van der Waals surface area contributed by atoms with Gasteiger partial charge < -0.3 is 14.6 Å². The molecule has 0 saturated heterocycles. The highest BCUT2D eigenvalue weighted by Gasteiger charge is 2.50. The first kappa shape index (κ1) is 17.9. The highest BCUT2D eigenvalue weighted by Crippen LogP contribution is 2.36. The quantitative estimate of drug-likeness (QED) is 0.775. The van der Waals surface area contributed by atoms with E-state index in [1.807, 2.05) is 6.92 Å². The summed E-state index contributed by atoms with van der Waals surface area (Å²) in [4.78, 5) is 23.9. The first-order valence-corrected chi connectivity index (χ1v) is 6.50. The van der Waals surface area contributed by atoms with Gasteiger partial charge in [0.05, 0.1) is 7.11 Å². The molecule has 0 aliphatic carbocycles. The second-order valence-electron chi connectivity index (χ2n) is 6.02. The third kappa shape index (κ3) is 4.20. The van der Waals surface area contributed by atoms with Gasteiger partial charge in [-0.15, -0.1) is 0 Å². The maximum atomic E-state index is 12.0. The number of carbonyl (C=O) groups excluding carboxylic acids is 2. The van der Waals surface area contributed by atoms with Crippen molar-refractivity contribution < 1.29 is 24.2 Å². The van der Waals surface area contributed by atoms with Crippen LogP contribution in [0.5, 0.6) is 0 Å². The van der Waals surface area contributed by atoms with E-state index in [4.69, 9.17) is 9.47 Å². The van der Waals surface area contributed by atoms with Crippen LogP contribution in [0.25, 0.3) is 0 Å². The summed E-state index contributed by atoms with van der Waals surface area (Å²) in [5.41, 5.74) is -2.03. The lowest BCUT2D eigenvalue weighted by Gasteiger charge is -2.36. The van der Waals surface area contributed by atoms with Gasteiger partial charge in [0.1, 0.15) is 11.0 Å². The number of hydrogen-bond donors (Lipinski definition) is 1. The van der Waals surface area contributed by atoms with Crippen molar-refractivity contribution in [2.75, 3.05) is 7.11 Å². The van der Waals surface area contributed by atoms with Crippen LogP contribution in [0.3, 0.4) is 0 Å². The van der Waals surface area contributed by atoms with Crippen molar-refractivity contribution in [1.82, 2.24) is 0 Å². The molecule has 5 nitrogen and oxygen atoms in total. The standard InChI is InChI=1S/C14H26O5/c1-8-9(2)14(6,12(17)18-7)10(15)11(16)19-13(3,4)5/h9-10,15H,8H2,1-7H3/t9-,10+,14-/m0/s1. The van der Waals surface area contributed by atoms with Crippen LogP contribution in [0.15, 0.2) is 0 Å². The summed E-state index contributed by atoms with van der Waals surface area (Å²) < 4.78 is 9.87. The van der Waals surface area contributed by atoms with E-state index in [0.717, 1.165) is 0 Å². The summed E-state index contributed by atoms with van der Waals surface area (Å²) in [6, 6.07) is 0. The third-order valence-corrected chi connectivity index (χ3v) is 3.46. The lowest BCUT2D eigenvalue weighted by molar-refractivity contribution is -0.185. The molecule has 5 heteroatoms. The summed E-state index contributed by atoms with van der Waals surface area (Å²) >= 11 is 0. The van der Waals surface area contributed by atoms with Gasteiger partial charge in [0, 0.05) is 0 Å². The maximum absolute atomic E-state index is 12.0. The highest BCUT2D eigenvalue weighted by molar-refractivity contribution is 5.87. The summed E-state index contributed by atoms with van der Waals surface area (Å²) in [5, 5.41) is 10.2. The molecule has 0 aromatic heterocycles. The largest absolute Gasteiger partial charge is 0.469 e. The van der Waals surface area contributed by atoms with E-state index in [1.165, 1.54) is 14.0 Å². The zero-order valence-corrected chi connectivity index (χ0v) is 12.9. The summed E-state index contributed by atoms with van der Waals surface area (Å²) in [6.07, 6.45) is -0.917. The predicted molar refractivity (Wildman–Crippen MR) is 71.4 cm³/mol. The van der Waals surface area contributed by atoms with Crippen molar-refractivity contribution in [1.29, 1.82) is 0 Å². The lowest BCUT2D eigenvalue weighted by atomic mass is 9.72. The Labute approximate surface area is 115 Å². The fourth-order valence-corrected chi connectivity index (χ4v) is 1.83. The molecule has 0 fully saturated rings. The molecule has 0 bridgehead atoms. The van der Waals surface area contributed by atoms with E-state index < -0.39 is 29.1 Å². The highest BCUT2D eigenvalue weighted by atomic mass is 16.6. The Morgan fingerprint density at radius 1 is 1.21 bits per heavy atom. The number of aliphatic hydroxyl groups is 1. The molecule has 3 atom stereocenters. The molecule has 1 N–H and O–H groups in total. The number of carbonyl (C=O) groups is 2. The van der Waals surface area contributed by atoms with Crippen LogP contribution in [0.2, 0.25) is 0 Å². The van der Waals surface area contributed by atoms with Crippen LogP contribution in [0, 0.1) is 11.3 Å². The number of ether oxygens (including phenoxy) is 2. The fourth-order valence-electron chi connectivity index (χ4n) is 1.83. The van der Waals surface area contributed by atoms with Gasteiger partial charge in [-0.3, -0.25) is 4.79 Å². The van der Waals surface area contributed by atoms with Gasteiger partial charge in [0.15, 0.2) is 6.10 Å². The number of aliphatic hydroxyl groups excluding tert-OH is 1. The van der Waals surface area contributed by atoms with Crippen LogP contribution >= 0.6 is 0 Å². The molecule has 0 unspecified atom stereocenters. The molecule has 0 aliphatic rings. The zero-order chi connectivity index (χ0) is 15.4. The number of methoxy groups -OCH3 is 1. The molecule has 112 valence electrons. The molecule has 0 saturated carbocycles. The smallest absolute Gasteiger partial charge is 0.336 e. The summed E-state index contributed by atoms with van der Waals surface area (Å²) in [5.74, 6) is -1.64. The monoisotopic (exact) mass is 274 g/mol. The Hall–Kier alpha value is -1.10. The van der Waals surface area contributed by atoms with Gasteiger partial charge >= 0.3 is 11.9 Å². The molecular weight excluding hydrogens is 248 g/mol. The van der Waals surface area contributed by atoms with Gasteiger partial charge in [-0.05, 0) is 33.6 Å². The maximum Gasteiger partial charge on any atom is 0.336 e. The SMILES string of the molecule is CC[C@H](C)[C@](C)(C(=O)OC)[C@H](O)C(=O)OC(C)(C)C. The normalized spacial score (nSPS) is 18.1. The average Bonchev–Trinajstić information content (AvgIpc) is 2.32. The fraction of sp³-hybridized carbons (Fsp3) is 0.857. The predicted octanol–water partition coefficient (Wildman–Crippen LogP) is 1.91. The number of rotatable bonds is 5. The Morgan fingerprint density at radius 3 is 2.00 bits per heavy atom. The number of hydrogen-bond acceptors (Lipinski definition) is 5. The molecular formula is C14H26O5. The van der Waals surface area contributed by atoms with Gasteiger partial charge in [0.2, 0.25) is 0 Å². The molecule has 0 rings (SSSR count). The van der Waals surface area contributed by atoms with E-state index in [-0.39, 0.29) is 5.92 Å². The summed E-state index contributed by atoms with van der Waals surface area (Å²) in [7, 11) is 1.24. The van der Waals surface area contributed by atoms with Crippen LogP contribution < -0.4 is 0 Å². The van der Waals surface area contributed by atoms with E-state index in [9.17, 15) is 14.7 Å². The van der Waals surface area contributed by atoms with Gasteiger partial charge in [-0.2, -0.15) is 0 Å². The van der Waals surface area contributed by atoms with Crippen LogP contribution in [0.4, 0.5) is 0 Å². The second-order valence-corrected chi connectivity index (χ2v) is 6.02. The summed E-state index contributed by atoms with van der Waals surface area (Å²) in [6.45, 7) is 10.3. The topological polar surface area (TPSA) is 72.8 Å². The Kier molecular flexibility index (Phi) is 6.00. The van der Waals surface area contributed by atoms with Crippen molar-refractivity contribution in [3.05, 3.63) is 0 Å². The van der Waals surface area contributed by atoms with Crippen molar-refractivity contribution in [3.63, 3.8) is 0 Å². The van der Waals surface area contributed by atoms with E-state index in [2.05, 4.69) is 0 Å².